The maximum atomic E-state index is 12.5. The molecule has 0 saturated heterocycles. The molecule has 0 amide bonds. The normalized spacial score (nSPS) is 10.8. The summed E-state index contributed by atoms with van der Waals surface area (Å²) < 4.78 is 2.41. The molecule has 0 spiro atoms. The highest BCUT2D eigenvalue weighted by Crippen LogP contribution is 2.17. The molecule has 1 heterocycles. The first kappa shape index (κ1) is 12.6. The minimum Gasteiger partial charge on any atom is -0.268 e. The van der Waals surface area contributed by atoms with E-state index < -0.39 is 0 Å². The number of halogens is 2. The fraction of sp³-hybridized carbons (Fsp3) is 0. The second kappa shape index (κ2) is 4.94. The summed E-state index contributed by atoms with van der Waals surface area (Å²) in [4.78, 5) is 16.8. The van der Waals surface area contributed by atoms with Crippen molar-refractivity contribution in [2.75, 3.05) is 0 Å². The lowest BCUT2D eigenvalue weighted by atomic mass is 10.2. The molecule has 0 aliphatic heterocycles. The van der Waals surface area contributed by atoms with Gasteiger partial charge in [-0.1, -0.05) is 18.2 Å². The van der Waals surface area contributed by atoms with Crippen molar-refractivity contribution in [3.8, 4) is 5.69 Å². The average molecular weight is 383 g/mol. The number of hydrogen-bond acceptors (Lipinski definition) is 2. The van der Waals surface area contributed by atoms with Crippen molar-refractivity contribution in [1.82, 2.24) is 9.55 Å². The van der Waals surface area contributed by atoms with E-state index in [1.165, 1.54) is 4.57 Å². The van der Waals surface area contributed by atoms with E-state index in [4.69, 9.17) is 11.6 Å². The molecule has 0 bridgehead atoms. The van der Waals surface area contributed by atoms with Gasteiger partial charge in [0, 0.05) is 3.57 Å². The lowest BCUT2D eigenvalue weighted by Gasteiger charge is -2.09. The van der Waals surface area contributed by atoms with Gasteiger partial charge in [0.15, 0.2) is 0 Å². The molecule has 0 aliphatic rings. The zero-order valence-corrected chi connectivity index (χ0v) is 12.6. The van der Waals surface area contributed by atoms with Crippen molar-refractivity contribution in [3.63, 3.8) is 0 Å². The summed E-state index contributed by atoms with van der Waals surface area (Å²) in [6.45, 7) is 0. The summed E-state index contributed by atoms with van der Waals surface area (Å²) in [6, 6.07) is 14.8. The molecule has 0 N–H and O–H groups in total. The molecule has 0 atom stereocenters. The molecule has 1 aromatic heterocycles. The number of nitrogens with zero attached hydrogens (tertiary/aromatic N) is 2. The number of rotatable bonds is 1. The molecule has 5 heteroatoms. The van der Waals surface area contributed by atoms with Gasteiger partial charge in [0.05, 0.1) is 16.6 Å². The third-order valence-electron chi connectivity index (χ3n) is 2.80. The topological polar surface area (TPSA) is 34.9 Å². The van der Waals surface area contributed by atoms with Crippen molar-refractivity contribution in [1.29, 1.82) is 0 Å². The van der Waals surface area contributed by atoms with Gasteiger partial charge in [0.1, 0.15) is 0 Å². The van der Waals surface area contributed by atoms with E-state index >= 15 is 0 Å². The Balaban J connectivity index is 2.41. The van der Waals surface area contributed by atoms with Crippen molar-refractivity contribution >= 4 is 45.1 Å². The van der Waals surface area contributed by atoms with Crippen molar-refractivity contribution < 1.29 is 0 Å². The quantitative estimate of drug-likeness (QED) is 0.476. The largest absolute Gasteiger partial charge is 0.268 e. The summed E-state index contributed by atoms with van der Waals surface area (Å²) in [7, 11) is 0. The standard InChI is InChI=1S/C14H8ClIN2O/c15-14-17-12-7-6-9(16)8-11(12)13(19)18(14)10-4-2-1-3-5-10/h1-8H. The van der Waals surface area contributed by atoms with Gasteiger partial charge >= 0.3 is 0 Å². The van der Waals surface area contributed by atoms with Crippen LogP contribution in [0.5, 0.6) is 0 Å². The van der Waals surface area contributed by atoms with Gasteiger partial charge in [0.25, 0.3) is 5.56 Å². The van der Waals surface area contributed by atoms with Crippen LogP contribution in [0.25, 0.3) is 16.6 Å². The minimum atomic E-state index is -0.153. The lowest BCUT2D eigenvalue weighted by Crippen LogP contribution is -2.20. The van der Waals surface area contributed by atoms with E-state index in [2.05, 4.69) is 27.6 Å². The fourth-order valence-corrected chi connectivity index (χ4v) is 2.69. The first-order chi connectivity index (χ1) is 9.16. The van der Waals surface area contributed by atoms with Crippen molar-refractivity contribution in [2.45, 2.75) is 0 Å². The number of para-hydroxylation sites is 1. The van der Waals surface area contributed by atoms with E-state index in [1.54, 1.807) is 6.07 Å². The van der Waals surface area contributed by atoms with E-state index in [0.717, 1.165) is 3.57 Å². The smallest absolute Gasteiger partial charge is 0.266 e. The molecule has 3 nitrogen and oxygen atoms in total. The number of aromatic nitrogens is 2. The van der Waals surface area contributed by atoms with E-state index in [-0.39, 0.29) is 10.8 Å². The maximum absolute atomic E-state index is 12.5. The van der Waals surface area contributed by atoms with Crippen LogP contribution in [0, 0.1) is 3.57 Å². The van der Waals surface area contributed by atoms with E-state index in [9.17, 15) is 4.79 Å². The molecule has 94 valence electrons. The Morgan fingerprint density at radius 2 is 1.84 bits per heavy atom. The third kappa shape index (κ3) is 2.26. The van der Waals surface area contributed by atoms with Crippen LogP contribution < -0.4 is 5.56 Å². The Kier molecular flexibility index (Phi) is 3.28. The van der Waals surface area contributed by atoms with Crippen LogP contribution in [0.1, 0.15) is 0 Å². The van der Waals surface area contributed by atoms with Gasteiger partial charge < -0.3 is 0 Å². The monoisotopic (exact) mass is 382 g/mol. The Bertz CT molecular complexity index is 815. The van der Waals surface area contributed by atoms with Gasteiger partial charge in [-0.25, -0.2) is 4.98 Å². The van der Waals surface area contributed by atoms with Gasteiger partial charge in [-0.05, 0) is 64.5 Å². The van der Waals surface area contributed by atoms with Crippen LogP contribution in [-0.4, -0.2) is 9.55 Å². The second-order valence-corrected chi connectivity index (χ2v) is 5.60. The molecular weight excluding hydrogens is 375 g/mol. The molecule has 0 aliphatic carbocycles. The Labute approximate surface area is 128 Å². The zero-order valence-electron chi connectivity index (χ0n) is 9.68. The van der Waals surface area contributed by atoms with Gasteiger partial charge in [-0.2, -0.15) is 0 Å². The molecule has 0 fully saturated rings. The molecule has 0 saturated carbocycles. The predicted molar refractivity (Wildman–Crippen MR) is 85.1 cm³/mol. The summed E-state index contributed by atoms with van der Waals surface area (Å²) in [5, 5.41) is 0.741. The first-order valence-corrected chi connectivity index (χ1v) is 7.06. The first-order valence-electron chi connectivity index (χ1n) is 5.60. The number of hydrogen-bond donors (Lipinski definition) is 0. The molecule has 0 unspecified atom stereocenters. The highest BCUT2D eigenvalue weighted by atomic mass is 127. The number of fused-ring (bicyclic) bond motifs is 1. The van der Waals surface area contributed by atoms with Crippen molar-refractivity contribution in [2.24, 2.45) is 0 Å². The Morgan fingerprint density at radius 3 is 2.58 bits per heavy atom. The number of benzene rings is 2. The molecule has 3 aromatic rings. The highest BCUT2D eigenvalue weighted by molar-refractivity contribution is 14.1. The fourth-order valence-electron chi connectivity index (χ4n) is 1.93. The van der Waals surface area contributed by atoms with Crippen LogP contribution in [-0.2, 0) is 0 Å². The summed E-state index contributed by atoms with van der Waals surface area (Å²) in [5.74, 6) is 0. The Hall–Kier alpha value is -1.40. The molecular formula is C14H8ClIN2O. The SMILES string of the molecule is O=c1c2cc(I)ccc2nc(Cl)n1-c1ccccc1. The minimum absolute atomic E-state index is 0.153. The lowest BCUT2D eigenvalue weighted by molar-refractivity contribution is 0.964. The van der Waals surface area contributed by atoms with Crippen LogP contribution in [0.4, 0.5) is 0 Å². The van der Waals surface area contributed by atoms with Crippen LogP contribution in [0.3, 0.4) is 0 Å². The van der Waals surface area contributed by atoms with Gasteiger partial charge in [0.2, 0.25) is 5.28 Å². The third-order valence-corrected chi connectivity index (χ3v) is 3.73. The molecule has 19 heavy (non-hydrogen) atoms. The Morgan fingerprint density at radius 1 is 1.11 bits per heavy atom. The summed E-state index contributed by atoms with van der Waals surface area (Å²) in [6.07, 6.45) is 0. The zero-order chi connectivity index (χ0) is 13.4. The summed E-state index contributed by atoms with van der Waals surface area (Å²) in [5.41, 5.74) is 1.17. The predicted octanol–water partition coefficient (Wildman–Crippen LogP) is 3.64. The van der Waals surface area contributed by atoms with Crippen molar-refractivity contribution in [3.05, 3.63) is 67.7 Å². The maximum Gasteiger partial charge on any atom is 0.266 e. The van der Waals surface area contributed by atoms with E-state index in [0.29, 0.717) is 16.6 Å². The van der Waals surface area contributed by atoms with Gasteiger partial charge in [-0.3, -0.25) is 9.36 Å². The highest BCUT2D eigenvalue weighted by Gasteiger charge is 2.10. The van der Waals surface area contributed by atoms with Gasteiger partial charge in [-0.15, -0.1) is 0 Å². The van der Waals surface area contributed by atoms with Crippen LogP contribution >= 0.6 is 34.2 Å². The molecule has 0 radical (unpaired) electrons. The second-order valence-electron chi connectivity index (χ2n) is 4.02. The van der Waals surface area contributed by atoms with E-state index in [1.807, 2.05) is 42.5 Å². The molecule has 2 aromatic carbocycles. The summed E-state index contributed by atoms with van der Waals surface area (Å²) >= 11 is 8.30. The van der Waals surface area contributed by atoms with Crippen LogP contribution in [0.2, 0.25) is 5.28 Å². The average Bonchev–Trinajstić information content (AvgIpc) is 2.41. The van der Waals surface area contributed by atoms with Crippen LogP contribution in [0.15, 0.2) is 53.3 Å². The molecule has 3 rings (SSSR count).